The van der Waals surface area contributed by atoms with Crippen molar-refractivity contribution in [2.45, 2.75) is 59.0 Å². The number of rotatable bonds is 9. The van der Waals surface area contributed by atoms with Gasteiger partial charge in [-0.3, -0.25) is 9.69 Å². The standard InChI is InChI=1S/C18H34N6O.2ClH/c1-5-23(6-2)16(11-14(3)4)12-20-18(25)17-13-24(22-21-17)15-7-9-19-10-8-15;;/h13-16,19H,5-12H2,1-4H3,(H,20,25);2*1H. The van der Waals surface area contributed by atoms with E-state index in [4.69, 9.17) is 0 Å². The highest BCUT2D eigenvalue weighted by Gasteiger charge is 2.21. The minimum Gasteiger partial charge on any atom is -0.349 e. The largest absolute Gasteiger partial charge is 0.349 e. The number of likely N-dealkylation sites (N-methyl/N-ethyl adjacent to an activating group) is 1. The lowest BCUT2D eigenvalue weighted by atomic mass is 10.0. The van der Waals surface area contributed by atoms with Crippen LogP contribution in [0.1, 0.15) is 63.5 Å². The number of carbonyl (C=O) groups is 1. The van der Waals surface area contributed by atoms with Crippen molar-refractivity contribution in [1.82, 2.24) is 30.5 Å². The van der Waals surface area contributed by atoms with Crippen molar-refractivity contribution in [2.24, 2.45) is 5.92 Å². The molecule has 1 unspecified atom stereocenters. The topological polar surface area (TPSA) is 75.1 Å². The fourth-order valence-corrected chi connectivity index (χ4v) is 3.58. The van der Waals surface area contributed by atoms with Crippen LogP contribution in [0, 0.1) is 5.92 Å². The summed E-state index contributed by atoms with van der Waals surface area (Å²) in [4.78, 5) is 14.9. The van der Waals surface area contributed by atoms with Crippen LogP contribution in [-0.2, 0) is 0 Å². The van der Waals surface area contributed by atoms with Gasteiger partial charge in [-0.25, -0.2) is 4.68 Å². The van der Waals surface area contributed by atoms with Gasteiger partial charge >= 0.3 is 0 Å². The maximum atomic E-state index is 12.5. The smallest absolute Gasteiger partial charge is 0.273 e. The third-order valence-corrected chi connectivity index (χ3v) is 5.00. The van der Waals surface area contributed by atoms with Crippen molar-refractivity contribution in [3.63, 3.8) is 0 Å². The molecular weight excluding hydrogens is 387 g/mol. The number of aromatic nitrogens is 3. The molecular formula is C18H36Cl2N6O. The number of halogens is 2. The molecule has 2 N–H and O–H groups in total. The van der Waals surface area contributed by atoms with E-state index in [0.29, 0.717) is 30.2 Å². The highest BCUT2D eigenvalue weighted by Crippen LogP contribution is 2.17. The van der Waals surface area contributed by atoms with E-state index in [9.17, 15) is 4.79 Å². The SMILES string of the molecule is CCN(CC)C(CNC(=O)c1cn(C2CCNCC2)nn1)CC(C)C.Cl.Cl. The van der Waals surface area contributed by atoms with E-state index in [1.807, 2.05) is 4.68 Å². The van der Waals surface area contributed by atoms with Crippen LogP contribution in [0.25, 0.3) is 0 Å². The van der Waals surface area contributed by atoms with E-state index in [-0.39, 0.29) is 30.7 Å². The van der Waals surface area contributed by atoms with Gasteiger partial charge in [0.2, 0.25) is 0 Å². The summed E-state index contributed by atoms with van der Waals surface area (Å²) in [6.07, 6.45) is 4.93. The first-order valence-corrected chi connectivity index (χ1v) is 9.69. The number of nitrogens with zero attached hydrogens (tertiary/aromatic N) is 4. The predicted octanol–water partition coefficient (Wildman–Crippen LogP) is 2.53. The Balaban J connectivity index is 0.00000338. The Morgan fingerprint density at radius 3 is 2.48 bits per heavy atom. The molecule has 0 spiro atoms. The van der Waals surface area contributed by atoms with E-state index in [0.717, 1.165) is 45.4 Å². The summed E-state index contributed by atoms with van der Waals surface area (Å²) in [7, 11) is 0. The zero-order valence-corrected chi connectivity index (χ0v) is 18.6. The Bertz CT molecular complexity index is 530. The van der Waals surface area contributed by atoms with Gasteiger partial charge in [0.25, 0.3) is 5.91 Å². The zero-order valence-electron chi connectivity index (χ0n) is 17.0. The van der Waals surface area contributed by atoms with Crippen LogP contribution < -0.4 is 10.6 Å². The summed E-state index contributed by atoms with van der Waals surface area (Å²) in [6, 6.07) is 0.707. The van der Waals surface area contributed by atoms with Gasteiger partial charge in [0.1, 0.15) is 0 Å². The molecule has 1 fully saturated rings. The van der Waals surface area contributed by atoms with Crippen molar-refractivity contribution < 1.29 is 4.79 Å². The van der Waals surface area contributed by atoms with Crippen molar-refractivity contribution in [3.05, 3.63) is 11.9 Å². The molecule has 7 nitrogen and oxygen atoms in total. The first-order valence-electron chi connectivity index (χ1n) is 9.69. The van der Waals surface area contributed by atoms with E-state index in [1.165, 1.54) is 0 Å². The van der Waals surface area contributed by atoms with Crippen LogP contribution in [0.4, 0.5) is 0 Å². The molecule has 27 heavy (non-hydrogen) atoms. The third kappa shape index (κ3) is 7.94. The number of hydrogen-bond donors (Lipinski definition) is 2. The predicted molar refractivity (Wildman–Crippen MR) is 114 cm³/mol. The van der Waals surface area contributed by atoms with Gasteiger partial charge in [-0.05, 0) is 51.4 Å². The van der Waals surface area contributed by atoms with E-state index >= 15 is 0 Å². The number of carbonyl (C=O) groups excluding carboxylic acids is 1. The monoisotopic (exact) mass is 422 g/mol. The Labute approximate surface area is 175 Å². The number of hydrogen-bond acceptors (Lipinski definition) is 5. The number of amides is 1. The van der Waals surface area contributed by atoms with Gasteiger partial charge in [0, 0.05) is 12.6 Å². The van der Waals surface area contributed by atoms with Gasteiger partial charge < -0.3 is 10.6 Å². The Morgan fingerprint density at radius 2 is 1.93 bits per heavy atom. The lowest BCUT2D eigenvalue weighted by Gasteiger charge is -2.31. The second kappa shape index (κ2) is 13.3. The fourth-order valence-electron chi connectivity index (χ4n) is 3.58. The Hall–Kier alpha value is -0.890. The minimum atomic E-state index is -0.124. The molecule has 158 valence electrons. The molecule has 9 heteroatoms. The average Bonchev–Trinajstić information content (AvgIpc) is 3.11. The quantitative estimate of drug-likeness (QED) is 0.639. The number of nitrogens with one attached hydrogen (secondary N) is 2. The van der Waals surface area contributed by atoms with Crippen LogP contribution >= 0.6 is 24.8 Å². The van der Waals surface area contributed by atoms with E-state index in [2.05, 4.69) is 53.5 Å². The summed E-state index contributed by atoms with van der Waals surface area (Å²) in [5.74, 6) is 0.476. The van der Waals surface area contributed by atoms with Gasteiger partial charge in [0.05, 0.1) is 12.2 Å². The molecule has 1 aliphatic heterocycles. The summed E-state index contributed by atoms with van der Waals surface area (Å²) in [5.41, 5.74) is 0.418. The second-order valence-electron chi connectivity index (χ2n) is 7.28. The number of piperidine rings is 1. The van der Waals surface area contributed by atoms with Crippen LogP contribution in [-0.4, -0.2) is 64.6 Å². The highest BCUT2D eigenvalue weighted by atomic mass is 35.5. The van der Waals surface area contributed by atoms with Crippen molar-refractivity contribution in [2.75, 3.05) is 32.7 Å². The van der Waals surface area contributed by atoms with Crippen LogP contribution in [0.5, 0.6) is 0 Å². The van der Waals surface area contributed by atoms with E-state index in [1.54, 1.807) is 6.20 Å². The summed E-state index contributed by atoms with van der Waals surface area (Å²) in [5, 5.41) is 14.7. The summed E-state index contributed by atoms with van der Waals surface area (Å²) >= 11 is 0. The first kappa shape index (κ1) is 26.1. The van der Waals surface area contributed by atoms with Crippen LogP contribution in [0.2, 0.25) is 0 Å². The van der Waals surface area contributed by atoms with Gasteiger partial charge in [-0.15, -0.1) is 29.9 Å². The average molecular weight is 423 g/mol. The lowest BCUT2D eigenvalue weighted by molar-refractivity contribution is 0.0924. The fraction of sp³-hybridized carbons (Fsp3) is 0.833. The normalized spacial score (nSPS) is 15.9. The van der Waals surface area contributed by atoms with Gasteiger partial charge in [-0.1, -0.05) is 32.9 Å². The molecule has 1 amide bonds. The second-order valence-corrected chi connectivity index (χ2v) is 7.28. The molecule has 2 rings (SSSR count). The van der Waals surface area contributed by atoms with Crippen molar-refractivity contribution in [1.29, 1.82) is 0 Å². The summed E-state index contributed by atoms with van der Waals surface area (Å²) < 4.78 is 1.85. The van der Waals surface area contributed by atoms with Crippen LogP contribution in [0.3, 0.4) is 0 Å². The molecule has 0 bridgehead atoms. The van der Waals surface area contributed by atoms with Crippen molar-refractivity contribution >= 4 is 30.7 Å². The molecule has 0 aromatic carbocycles. The first-order chi connectivity index (χ1) is 12.0. The lowest BCUT2D eigenvalue weighted by Crippen LogP contribution is -2.44. The molecule has 1 aliphatic rings. The molecule has 2 heterocycles. The van der Waals surface area contributed by atoms with Gasteiger partial charge in [0.15, 0.2) is 5.69 Å². The molecule has 1 aromatic rings. The molecule has 1 atom stereocenters. The zero-order chi connectivity index (χ0) is 18.2. The molecule has 0 aliphatic carbocycles. The van der Waals surface area contributed by atoms with Crippen molar-refractivity contribution in [3.8, 4) is 0 Å². The highest BCUT2D eigenvalue weighted by molar-refractivity contribution is 5.91. The van der Waals surface area contributed by atoms with E-state index < -0.39 is 0 Å². The Kier molecular flexibility index (Phi) is 12.9. The maximum Gasteiger partial charge on any atom is 0.273 e. The third-order valence-electron chi connectivity index (χ3n) is 5.00. The maximum absolute atomic E-state index is 12.5. The molecule has 1 aromatic heterocycles. The Morgan fingerprint density at radius 1 is 1.30 bits per heavy atom. The molecule has 0 radical (unpaired) electrons. The minimum absolute atomic E-state index is 0. The van der Waals surface area contributed by atoms with Crippen LogP contribution in [0.15, 0.2) is 6.20 Å². The summed E-state index contributed by atoms with van der Waals surface area (Å²) in [6.45, 7) is 13.4. The molecule has 1 saturated heterocycles. The molecule has 0 saturated carbocycles. The van der Waals surface area contributed by atoms with Gasteiger partial charge in [-0.2, -0.15) is 0 Å².